The number of benzene rings is 1. The molecule has 26 heavy (non-hydrogen) atoms. The summed E-state index contributed by atoms with van der Waals surface area (Å²) in [4.78, 5) is 28.1. The number of carbonyl (C=O) groups is 2. The molecular weight excluding hydrogens is 402 g/mol. The summed E-state index contributed by atoms with van der Waals surface area (Å²) in [5.74, 6) is 0.477. The van der Waals surface area contributed by atoms with E-state index in [1.807, 2.05) is 12.1 Å². The molecule has 1 aromatic carbocycles. The number of rotatable bonds is 4. The summed E-state index contributed by atoms with van der Waals surface area (Å²) in [5, 5.41) is 0. The number of furan rings is 1. The van der Waals surface area contributed by atoms with Crippen molar-refractivity contribution in [3.05, 3.63) is 76.3 Å². The smallest absolute Gasteiger partial charge is 0.273 e. The molecule has 7 nitrogen and oxygen atoms in total. The second kappa shape index (κ2) is 7.83. The Morgan fingerprint density at radius 3 is 2.38 bits per heavy atom. The van der Waals surface area contributed by atoms with Gasteiger partial charge >= 0.3 is 0 Å². The molecule has 0 atom stereocenters. The first-order chi connectivity index (χ1) is 12.5. The van der Waals surface area contributed by atoms with Gasteiger partial charge in [0.05, 0.1) is 17.4 Å². The highest BCUT2D eigenvalue weighted by molar-refractivity contribution is 9.10. The number of nitrogens with zero attached hydrogens (tertiary/aromatic N) is 1. The van der Waals surface area contributed by atoms with Crippen LogP contribution in [0.3, 0.4) is 0 Å². The van der Waals surface area contributed by atoms with E-state index >= 15 is 0 Å². The fraction of sp³-hybridized carbons (Fsp3) is 0.0556. The van der Waals surface area contributed by atoms with Gasteiger partial charge < -0.3 is 9.15 Å². The third-order valence-electron chi connectivity index (χ3n) is 3.43. The Kier molecular flexibility index (Phi) is 5.33. The van der Waals surface area contributed by atoms with Crippen LogP contribution in [0.25, 0.3) is 0 Å². The molecule has 3 aromatic rings. The van der Waals surface area contributed by atoms with Crippen molar-refractivity contribution in [1.29, 1.82) is 0 Å². The summed E-state index contributed by atoms with van der Waals surface area (Å²) < 4.78 is 11.6. The average Bonchev–Trinajstić information content (AvgIpc) is 3.08. The topological polar surface area (TPSA) is 93.5 Å². The third-order valence-corrected chi connectivity index (χ3v) is 3.96. The first-order valence-corrected chi connectivity index (χ1v) is 8.36. The highest BCUT2D eigenvalue weighted by Crippen LogP contribution is 2.21. The van der Waals surface area contributed by atoms with Crippen LogP contribution >= 0.6 is 15.9 Å². The highest BCUT2D eigenvalue weighted by Gasteiger charge is 2.13. The molecule has 2 N–H and O–H groups in total. The number of amides is 2. The van der Waals surface area contributed by atoms with Crippen LogP contribution in [0.5, 0.6) is 11.6 Å². The molecule has 0 saturated heterocycles. The Bertz CT molecular complexity index is 920. The van der Waals surface area contributed by atoms with E-state index in [1.165, 1.54) is 18.5 Å². The lowest BCUT2D eigenvalue weighted by atomic mass is 10.2. The van der Waals surface area contributed by atoms with Crippen molar-refractivity contribution in [1.82, 2.24) is 15.8 Å². The van der Waals surface area contributed by atoms with E-state index in [4.69, 9.17) is 9.15 Å². The predicted octanol–water partition coefficient (Wildman–Crippen LogP) is 3.61. The molecule has 0 fully saturated rings. The molecule has 0 bridgehead atoms. The SMILES string of the molecule is Cc1occc1C(=O)NNC(=O)c1ccc(Oc2ccc(Br)cc2)nc1. The third kappa shape index (κ3) is 4.28. The summed E-state index contributed by atoms with van der Waals surface area (Å²) in [5.41, 5.74) is 5.27. The largest absolute Gasteiger partial charge is 0.469 e. The van der Waals surface area contributed by atoms with Gasteiger partial charge in [-0.05, 0) is 43.3 Å². The zero-order valence-electron chi connectivity index (χ0n) is 13.7. The Hall–Kier alpha value is -3.13. The molecule has 0 aliphatic heterocycles. The number of pyridine rings is 1. The minimum Gasteiger partial charge on any atom is -0.469 e. The van der Waals surface area contributed by atoms with E-state index in [9.17, 15) is 9.59 Å². The van der Waals surface area contributed by atoms with Gasteiger partial charge in [0.1, 0.15) is 11.5 Å². The fourth-order valence-corrected chi connectivity index (χ4v) is 2.34. The number of hydrogen-bond acceptors (Lipinski definition) is 5. The molecule has 0 saturated carbocycles. The van der Waals surface area contributed by atoms with Crippen LogP contribution in [-0.2, 0) is 0 Å². The lowest BCUT2D eigenvalue weighted by Gasteiger charge is -2.08. The summed E-state index contributed by atoms with van der Waals surface area (Å²) in [6, 6.07) is 11.9. The maximum Gasteiger partial charge on any atom is 0.273 e. The van der Waals surface area contributed by atoms with Gasteiger partial charge in [0.25, 0.3) is 11.8 Å². The van der Waals surface area contributed by atoms with Crippen molar-refractivity contribution in [3.63, 3.8) is 0 Å². The van der Waals surface area contributed by atoms with Gasteiger partial charge in [-0.3, -0.25) is 20.4 Å². The maximum atomic E-state index is 12.1. The molecule has 2 amide bonds. The Morgan fingerprint density at radius 1 is 1.04 bits per heavy atom. The first-order valence-electron chi connectivity index (χ1n) is 7.57. The monoisotopic (exact) mass is 415 g/mol. The second-order valence-electron chi connectivity index (χ2n) is 5.24. The van der Waals surface area contributed by atoms with E-state index in [-0.39, 0.29) is 5.56 Å². The maximum absolute atomic E-state index is 12.1. The van der Waals surface area contributed by atoms with Crippen LogP contribution in [0.15, 0.2) is 63.8 Å². The number of hydrogen-bond donors (Lipinski definition) is 2. The summed E-state index contributed by atoms with van der Waals surface area (Å²) in [6.07, 6.45) is 2.76. The molecule has 2 aromatic heterocycles. The van der Waals surface area contributed by atoms with Crippen LogP contribution in [0, 0.1) is 6.92 Å². The molecule has 2 heterocycles. The number of aromatic nitrogens is 1. The number of aryl methyl sites for hydroxylation is 1. The molecule has 132 valence electrons. The van der Waals surface area contributed by atoms with E-state index in [2.05, 4.69) is 31.8 Å². The van der Waals surface area contributed by atoms with Gasteiger partial charge in [-0.2, -0.15) is 0 Å². The zero-order chi connectivity index (χ0) is 18.5. The van der Waals surface area contributed by atoms with Crippen molar-refractivity contribution in [2.75, 3.05) is 0 Å². The van der Waals surface area contributed by atoms with Gasteiger partial charge in [0, 0.05) is 16.7 Å². The van der Waals surface area contributed by atoms with Crippen LogP contribution < -0.4 is 15.6 Å². The van der Waals surface area contributed by atoms with Gasteiger partial charge in [-0.15, -0.1) is 0 Å². The number of carbonyl (C=O) groups excluding carboxylic acids is 2. The van der Waals surface area contributed by atoms with Gasteiger partial charge in [0.15, 0.2) is 0 Å². The van der Waals surface area contributed by atoms with Crippen LogP contribution in [-0.4, -0.2) is 16.8 Å². The normalized spacial score (nSPS) is 10.2. The first kappa shape index (κ1) is 17.7. The van der Waals surface area contributed by atoms with Crippen LogP contribution in [0.4, 0.5) is 0 Å². The van der Waals surface area contributed by atoms with E-state index in [1.54, 1.807) is 31.2 Å². The molecule has 0 unspecified atom stereocenters. The van der Waals surface area contributed by atoms with Crippen LogP contribution in [0.1, 0.15) is 26.5 Å². The Morgan fingerprint density at radius 2 is 1.77 bits per heavy atom. The van der Waals surface area contributed by atoms with Gasteiger partial charge in [-0.25, -0.2) is 4.98 Å². The number of hydrazine groups is 1. The molecule has 8 heteroatoms. The van der Waals surface area contributed by atoms with Gasteiger partial charge in [0.2, 0.25) is 5.88 Å². The number of ether oxygens (including phenoxy) is 1. The minimum absolute atomic E-state index is 0.275. The molecule has 0 aliphatic carbocycles. The number of nitrogens with one attached hydrogen (secondary N) is 2. The standard InChI is InChI=1S/C18H14BrN3O4/c1-11-15(8-9-25-11)18(24)22-21-17(23)12-2-7-16(20-10-12)26-14-5-3-13(19)4-6-14/h2-10H,1H3,(H,21,23)(H,22,24). The van der Waals surface area contributed by atoms with Crippen molar-refractivity contribution in [3.8, 4) is 11.6 Å². The zero-order valence-corrected chi connectivity index (χ0v) is 15.2. The van der Waals surface area contributed by atoms with Crippen molar-refractivity contribution in [2.45, 2.75) is 6.92 Å². The lowest BCUT2D eigenvalue weighted by molar-refractivity contribution is 0.0845. The summed E-state index contributed by atoms with van der Waals surface area (Å²) >= 11 is 3.35. The molecule has 3 rings (SSSR count). The van der Waals surface area contributed by atoms with Gasteiger partial charge in [-0.1, -0.05) is 15.9 Å². The summed E-state index contributed by atoms with van der Waals surface area (Å²) in [7, 11) is 0. The van der Waals surface area contributed by atoms with E-state index in [0.717, 1.165) is 4.47 Å². The molecular formula is C18H14BrN3O4. The van der Waals surface area contributed by atoms with Crippen molar-refractivity contribution in [2.24, 2.45) is 0 Å². The predicted molar refractivity (Wildman–Crippen MR) is 96.8 cm³/mol. The Balaban J connectivity index is 1.57. The Labute approximate surface area is 157 Å². The molecule has 0 aliphatic rings. The summed E-state index contributed by atoms with van der Waals surface area (Å²) in [6.45, 7) is 1.66. The molecule has 0 radical (unpaired) electrons. The number of halogens is 1. The van der Waals surface area contributed by atoms with E-state index in [0.29, 0.717) is 23.0 Å². The second-order valence-corrected chi connectivity index (χ2v) is 6.16. The van der Waals surface area contributed by atoms with Crippen LogP contribution in [0.2, 0.25) is 0 Å². The fourth-order valence-electron chi connectivity index (χ4n) is 2.07. The quantitative estimate of drug-likeness (QED) is 0.634. The minimum atomic E-state index is -0.498. The van der Waals surface area contributed by atoms with E-state index < -0.39 is 11.8 Å². The average molecular weight is 416 g/mol. The van der Waals surface area contributed by atoms with Crippen molar-refractivity contribution >= 4 is 27.7 Å². The molecule has 0 spiro atoms. The van der Waals surface area contributed by atoms with Crippen molar-refractivity contribution < 1.29 is 18.7 Å². The lowest BCUT2D eigenvalue weighted by Crippen LogP contribution is -2.41. The highest BCUT2D eigenvalue weighted by atomic mass is 79.9.